The van der Waals surface area contributed by atoms with E-state index in [0.717, 1.165) is 5.76 Å². The molecule has 29 heavy (non-hydrogen) atoms. The summed E-state index contributed by atoms with van der Waals surface area (Å²) in [6.45, 7) is 3.65. The van der Waals surface area contributed by atoms with Gasteiger partial charge in [0.15, 0.2) is 11.6 Å². The van der Waals surface area contributed by atoms with Crippen LogP contribution in [0.15, 0.2) is 65.3 Å². The van der Waals surface area contributed by atoms with Gasteiger partial charge in [-0.1, -0.05) is 24.3 Å². The van der Waals surface area contributed by atoms with Gasteiger partial charge in [0.1, 0.15) is 5.76 Å². The number of nitrogens with one attached hydrogen (secondary N) is 2. The minimum absolute atomic E-state index is 0.134. The highest BCUT2D eigenvalue weighted by Gasteiger charge is 2.29. The van der Waals surface area contributed by atoms with Crippen molar-refractivity contribution in [3.05, 3.63) is 88.9 Å². The maximum absolute atomic E-state index is 12.8. The van der Waals surface area contributed by atoms with Crippen LogP contribution in [0.4, 0.5) is 5.69 Å². The average Bonchev–Trinajstić information content (AvgIpc) is 3.27. The Balaban J connectivity index is 1.51. The van der Waals surface area contributed by atoms with Crippen LogP contribution in [-0.2, 0) is 4.79 Å². The quantitative estimate of drug-likeness (QED) is 0.544. The van der Waals surface area contributed by atoms with Crippen molar-refractivity contribution in [3.63, 3.8) is 0 Å². The maximum Gasteiger partial charge on any atom is 0.241 e. The number of furan rings is 1. The summed E-state index contributed by atoms with van der Waals surface area (Å²) in [6.07, 6.45) is 1.59. The van der Waals surface area contributed by atoms with E-state index in [0.29, 0.717) is 27.9 Å². The van der Waals surface area contributed by atoms with Gasteiger partial charge >= 0.3 is 0 Å². The molecule has 146 valence electrons. The molecule has 4 rings (SSSR count). The number of fused-ring (bicyclic) bond motifs is 2. The van der Waals surface area contributed by atoms with Crippen LogP contribution in [0, 0.1) is 0 Å². The molecule has 6 nitrogen and oxygen atoms in total. The fourth-order valence-corrected chi connectivity index (χ4v) is 3.50. The molecule has 2 atom stereocenters. The normalized spacial score (nSPS) is 14.7. The Morgan fingerprint density at radius 3 is 2.17 bits per heavy atom. The van der Waals surface area contributed by atoms with Crippen molar-refractivity contribution >= 4 is 23.2 Å². The molecule has 0 fully saturated rings. The van der Waals surface area contributed by atoms with Gasteiger partial charge in [0.05, 0.1) is 18.3 Å². The molecule has 2 aromatic carbocycles. The minimum Gasteiger partial charge on any atom is -0.468 e. The predicted molar refractivity (Wildman–Crippen MR) is 108 cm³/mol. The summed E-state index contributed by atoms with van der Waals surface area (Å²) in [6, 6.07) is 14.6. The second kappa shape index (κ2) is 7.48. The number of amides is 1. The smallest absolute Gasteiger partial charge is 0.241 e. The van der Waals surface area contributed by atoms with E-state index in [2.05, 4.69) is 10.6 Å². The van der Waals surface area contributed by atoms with Gasteiger partial charge in [-0.2, -0.15) is 0 Å². The number of anilines is 1. The van der Waals surface area contributed by atoms with E-state index in [-0.39, 0.29) is 23.5 Å². The van der Waals surface area contributed by atoms with Crippen LogP contribution in [0.2, 0.25) is 0 Å². The van der Waals surface area contributed by atoms with E-state index >= 15 is 0 Å². The van der Waals surface area contributed by atoms with Gasteiger partial charge in [-0.3, -0.25) is 19.7 Å². The van der Waals surface area contributed by atoms with Crippen LogP contribution in [0.5, 0.6) is 0 Å². The average molecular weight is 388 g/mol. The molecule has 0 saturated carbocycles. The summed E-state index contributed by atoms with van der Waals surface area (Å²) in [7, 11) is 0. The van der Waals surface area contributed by atoms with E-state index in [1.54, 1.807) is 61.7 Å². The fraction of sp³-hybridized carbons (Fsp3) is 0.174. The zero-order valence-corrected chi connectivity index (χ0v) is 16.1. The van der Waals surface area contributed by atoms with E-state index in [9.17, 15) is 14.4 Å². The van der Waals surface area contributed by atoms with Crippen molar-refractivity contribution in [2.45, 2.75) is 25.9 Å². The highest BCUT2D eigenvalue weighted by Crippen LogP contribution is 2.29. The highest BCUT2D eigenvalue weighted by atomic mass is 16.3. The number of benzene rings is 2. The number of carbonyl (C=O) groups is 3. The topological polar surface area (TPSA) is 88.4 Å². The maximum atomic E-state index is 12.8. The van der Waals surface area contributed by atoms with Crippen LogP contribution >= 0.6 is 0 Å². The second-order valence-corrected chi connectivity index (χ2v) is 7.08. The number of hydrogen-bond acceptors (Lipinski definition) is 5. The molecule has 1 heterocycles. The zero-order valence-electron chi connectivity index (χ0n) is 16.1. The number of carbonyl (C=O) groups excluding carboxylic acids is 3. The van der Waals surface area contributed by atoms with Gasteiger partial charge in [0.2, 0.25) is 5.91 Å². The lowest BCUT2D eigenvalue weighted by Gasteiger charge is -2.20. The van der Waals surface area contributed by atoms with Gasteiger partial charge in [0.25, 0.3) is 0 Å². The first-order valence-electron chi connectivity index (χ1n) is 9.38. The van der Waals surface area contributed by atoms with Gasteiger partial charge in [-0.25, -0.2) is 0 Å². The molecule has 2 N–H and O–H groups in total. The summed E-state index contributed by atoms with van der Waals surface area (Å²) < 4.78 is 5.34. The molecule has 0 spiro atoms. The summed E-state index contributed by atoms with van der Waals surface area (Å²) in [5.41, 5.74) is 1.91. The Labute approximate surface area is 167 Å². The molecule has 0 bridgehead atoms. The summed E-state index contributed by atoms with van der Waals surface area (Å²) in [5, 5.41) is 5.97. The zero-order chi connectivity index (χ0) is 20.5. The van der Waals surface area contributed by atoms with Crippen molar-refractivity contribution in [1.82, 2.24) is 5.32 Å². The predicted octanol–water partition coefficient (Wildman–Crippen LogP) is 3.73. The van der Waals surface area contributed by atoms with Crippen LogP contribution < -0.4 is 10.6 Å². The molecule has 3 aromatic rings. The van der Waals surface area contributed by atoms with Crippen LogP contribution in [0.3, 0.4) is 0 Å². The van der Waals surface area contributed by atoms with Crippen molar-refractivity contribution in [2.24, 2.45) is 0 Å². The highest BCUT2D eigenvalue weighted by molar-refractivity contribution is 6.28. The van der Waals surface area contributed by atoms with E-state index < -0.39 is 6.04 Å². The van der Waals surface area contributed by atoms with Crippen LogP contribution in [0.25, 0.3) is 0 Å². The molecular weight excluding hydrogens is 368 g/mol. The molecule has 1 aromatic heterocycles. The number of ketones is 2. The SMILES string of the molecule is C[C@H](N[C@@H](C)c1ccco1)C(=O)Nc1ccc2c(c1)C(=O)c1ccccc1C2=O. The largest absolute Gasteiger partial charge is 0.468 e. The molecule has 0 aliphatic heterocycles. The Bertz CT molecular complexity index is 1100. The third-order valence-corrected chi connectivity index (χ3v) is 5.06. The van der Waals surface area contributed by atoms with Crippen LogP contribution in [-0.4, -0.2) is 23.5 Å². The number of rotatable bonds is 5. The molecule has 1 amide bonds. The molecule has 0 saturated heterocycles. The van der Waals surface area contributed by atoms with Gasteiger partial charge in [-0.15, -0.1) is 0 Å². The second-order valence-electron chi connectivity index (χ2n) is 7.08. The van der Waals surface area contributed by atoms with E-state index in [1.807, 2.05) is 13.0 Å². The summed E-state index contributed by atoms with van der Waals surface area (Å²) >= 11 is 0. The standard InChI is InChI=1S/C23H20N2O4/c1-13(20-8-5-11-29-20)24-14(2)23(28)25-15-9-10-18-19(12-15)22(27)17-7-4-3-6-16(17)21(18)26/h3-14,24H,1-2H3,(H,25,28)/t13-,14-/m0/s1. The molecule has 0 unspecified atom stereocenters. The molecule has 1 aliphatic carbocycles. The lowest BCUT2D eigenvalue weighted by atomic mass is 9.84. The lowest BCUT2D eigenvalue weighted by molar-refractivity contribution is -0.118. The minimum atomic E-state index is -0.496. The van der Waals surface area contributed by atoms with E-state index in [4.69, 9.17) is 4.42 Å². The summed E-state index contributed by atoms with van der Waals surface area (Å²) in [5.74, 6) is 0.0823. The lowest BCUT2D eigenvalue weighted by Crippen LogP contribution is -2.39. The third kappa shape index (κ3) is 3.50. The van der Waals surface area contributed by atoms with Crippen LogP contribution in [0.1, 0.15) is 57.5 Å². The van der Waals surface area contributed by atoms with Gasteiger partial charge in [0, 0.05) is 27.9 Å². The van der Waals surface area contributed by atoms with Crippen molar-refractivity contribution in [2.75, 3.05) is 5.32 Å². The van der Waals surface area contributed by atoms with Crippen molar-refractivity contribution < 1.29 is 18.8 Å². The first-order chi connectivity index (χ1) is 14.0. The van der Waals surface area contributed by atoms with E-state index in [1.165, 1.54) is 0 Å². The Hall–Kier alpha value is -3.51. The fourth-order valence-electron chi connectivity index (χ4n) is 3.50. The third-order valence-electron chi connectivity index (χ3n) is 5.06. The summed E-state index contributed by atoms with van der Waals surface area (Å²) in [4.78, 5) is 38.1. The monoisotopic (exact) mass is 388 g/mol. The molecule has 1 aliphatic rings. The van der Waals surface area contributed by atoms with Crippen molar-refractivity contribution in [1.29, 1.82) is 0 Å². The first-order valence-corrected chi connectivity index (χ1v) is 9.38. The van der Waals surface area contributed by atoms with Crippen molar-refractivity contribution in [3.8, 4) is 0 Å². The Kier molecular flexibility index (Phi) is 4.86. The molecule has 0 radical (unpaired) electrons. The Morgan fingerprint density at radius 1 is 0.862 bits per heavy atom. The number of hydrogen-bond donors (Lipinski definition) is 2. The first kappa shape index (κ1) is 18.8. The van der Waals surface area contributed by atoms with Gasteiger partial charge < -0.3 is 9.73 Å². The molecular formula is C23H20N2O4. The van der Waals surface area contributed by atoms with Gasteiger partial charge in [-0.05, 0) is 44.2 Å². The molecule has 6 heteroatoms. The Morgan fingerprint density at radius 2 is 1.52 bits per heavy atom.